The lowest BCUT2D eigenvalue weighted by Gasteiger charge is -2.33. The maximum absolute atomic E-state index is 12.5. The minimum atomic E-state index is -3.56. The SMILES string of the molecule is CC(C)(C)CC(C)(C)NS(=O)(=O)c1ccc(Br)cc1Br. The lowest BCUT2D eigenvalue weighted by Crippen LogP contribution is -2.45. The van der Waals surface area contributed by atoms with Crippen molar-refractivity contribution in [3.63, 3.8) is 0 Å². The first-order chi connectivity index (χ1) is 8.82. The number of benzene rings is 1. The molecule has 0 aromatic heterocycles. The van der Waals surface area contributed by atoms with Crippen LogP contribution >= 0.6 is 31.9 Å². The summed E-state index contributed by atoms with van der Waals surface area (Å²) in [6, 6.07) is 5.03. The Bertz CT molecular complexity index is 590. The second kappa shape index (κ2) is 6.07. The monoisotopic (exact) mass is 425 g/mol. The van der Waals surface area contributed by atoms with Gasteiger partial charge in [-0.25, -0.2) is 13.1 Å². The van der Waals surface area contributed by atoms with E-state index in [1.165, 1.54) is 0 Å². The van der Waals surface area contributed by atoms with Crippen LogP contribution in [0.3, 0.4) is 0 Å². The van der Waals surface area contributed by atoms with Crippen molar-refractivity contribution in [1.82, 2.24) is 4.72 Å². The molecule has 0 heterocycles. The molecule has 1 rings (SSSR count). The number of hydrogen-bond acceptors (Lipinski definition) is 2. The summed E-state index contributed by atoms with van der Waals surface area (Å²) in [5.41, 5.74) is -0.466. The normalized spacial score (nSPS) is 13.6. The molecule has 0 unspecified atom stereocenters. The summed E-state index contributed by atoms with van der Waals surface area (Å²) >= 11 is 6.62. The van der Waals surface area contributed by atoms with E-state index in [-0.39, 0.29) is 10.3 Å². The third-order valence-corrected chi connectivity index (χ3v) is 5.73. The molecule has 0 aliphatic heterocycles. The van der Waals surface area contributed by atoms with Gasteiger partial charge >= 0.3 is 0 Å². The number of hydrogen-bond donors (Lipinski definition) is 1. The van der Waals surface area contributed by atoms with Gasteiger partial charge in [0, 0.05) is 14.5 Å². The molecule has 0 aliphatic carbocycles. The van der Waals surface area contributed by atoms with Crippen molar-refractivity contribution in [2.75, 3.05) is 0 Å². The Morgan fingerprint density at radius 3 is 2.10 bits per heavy atom. The first-order valence-electron chi connectivity index (χ1n) is 6.31. The largest absolute Gasteiger partial charge is 0.242 e. The summed E-state index contributed by atoms with van der Waals surface area (Å²) in [5.74, 6) is 0. The van der Waals surface area contributed by atoms with Crippen LogP contribution in [0.25, 0.3) is 0 Å². The fourth-order valence-electron chi connectivity index (χ4n) is 2.47. The number of sulfonamides is 1. The third kappa shape index (κ3) is 5.47. The third-order valence-electron chi connectivity index (χ3n) is 2.57. The van der Waals surface area contributed by atoms with Gasteiger partial charge in [0.05, 0.1) is 4.90 Å². The molecule has 0 spiro atoms. The first kappa shape index (κ1) is 18.1. The van der Waals surface area contributed by atoms with Crippen molar-refractivity contribution in [2.24, 2.45) is 5.41 Å². The van der Waals surface area contributed by atoms with E-state index in [0.29, 0.717) is 4.47 Å². The molecule has 0 atom stereocenters. The van der Waals surface area contributed by atoms with Gasteiger partial charge in [0.1, 0.15) is 0 Å². The number of rotatable bonds is 4. The molecule has 1 N–H and O–H groups in total. The predicted octanol–water partition coefficient (Wildman–Crippen LogP) is 4.70. The van der Waals surface area contributed by atoms with E-state index >= 15 is 0 Å². The fourth-order valence-corrected chi connectivity index (χ4v) is 5.63. The maximum Gasteiger partial charge on any atom is 0.242 e. The molecule has 1 aromatic rings. The van der Waals surface area contributed by atoms with E-state index in [0.717, 1.165) is 10.9 Å². The summed E-state index contributed by atoms with van der Waals surface area (Å²) in [6.45, 7) is 10.1. The standard InChI is InChI=1S/C14H21Br2NO2S/c1-13(2,3)9-14(4,5)17-20(18,19)12-7-6-10(15)8-11(12)16/h6-8,17H,9H2,1-5H3. The zero-order chi connectivity index (χ0) is 15.8. The van der Waals surface area contributed by atoms with Crippen molar-refractivity contribution < 1.29 is 8.42 Å². The maximum atomic E-state index is 12.5. The van der Waals surface area contributed by atoms with Crippen LogP contribution in [0, 0.1) is 5.41 Å². The van der Waals surface area contributed by atoms with Gasteiger partial charge in [-0.1, -0.05) is 36.7 Å². The van der Waals surface area contributed by atoms with Crippen LogP contribution in [0.1, 0.15) is 41.0 Å². The van der Waals surface area contributed by atoms with Crippen molar-refractivity contribution in [3.8, 4) is 0 Å². The molecule has 0 amide bonds. The highest BCUT2D eigenvalue weighted by Crippen LogP contribution is 2.30. The summed E-state index contributed by atoms with van der Waals surface area (Å²) < 4.78 is 29.2. The van der Waals surface area contributed by atoms with Crippen LogP contribution in [-0.2, 0) is 10.0 Å². The Hall–Kier alpha value is 0.0900. The Balaban J connectivity index is 3.06. The van der Waals surface area contributed by atoms with Crippen molar-refractivity contribution in [3.05, 3.63) is 27.1 Å². The number of nitrogens with one attached hydrogen (secondary N) is 1. The molecular formula is C14H21Br2NO2S. The van der Waals surface area contributed by atoms with Crippen LogP contribution in [0.5, 0.6) is 0 Å². The Morgan fingerprint density at radius 2 is 1.65 bits per heavy atom. The fraction of sp³-hybridized carbons (Fsp3) is 0.571. The first-order valence-corrected chi connectivity index (χ1v) is 9.38. The summed E-state index contributed by atoms with van der Waals surface area (Å²) in [6.07, 6.45) is 0.743. The van der Waals surface area contributed by atoms with Gasteiger partial charge in [0.2, 0.25) is 10.0 Å². The Labute approximate surface area is 138 Å². The smallest absolute Gasteiger partial charge is 0.207 e. The molecule has 114 valence electrons. The minimum Gasteiger partial charge on any atom is -0.207 e. The molecular weight excluding hydrogens is 406 g/mol. The minimum absolute atomic E-state index is 0.0446. The van der Waals surface area contributed by atoms with Crippen LogP contribution < -0.4 is 4.72 Å². The lowest BCUT2D eigenvalue weighted by atomic mass is 9.82. The molecule has 0 saturated carbocycles. The van der Waals surface area contributed by atoms with E-state index in [2.05, 4.69) is 57.4 Å². The van der Waals surface area contributed by atoms with E-state index in [1.807, 2.05) is 13.8 Å². The summed E-state index contributed by atoms with van der Waals surface area (Å²) in [7, 11) is -3.56. The van der Waals surface area contributed by atoms with Crippen LogP contribution in [0.15, 0.2) is 32.0 Å². The van der Waals surface area contributed by atoms with Crippen molar-refractivity contribution in [1.29, 1.82) is 0 Å². The van der Waals surface area contributed by atoms with Crippen molar-refractivity contribution >= 4 is 41.9 Å². The molecule has 6 heteroatoms. The summed E-state index contributed by atoms with van der Waals surface area (Å²) in [5, 5.41) is 0. The van der Waals surface area contributed by atoms with Gasteiger partial charge in [-0.05, 0) is 59.8 Å². The average Bonchev–Trinajstić information content (AvgIpc) is 2.09. The molecule has 1 aromatic carbocycles. The second-order valence-electron chi connectivity index (χ2n) is 6.80. The van der Waals surface area contributed by atoms with Gasteiger partial charge in [-0.2, -0.15) is 0 Å². The highest BCUT2D eigenvalue weighted by molar-refractivity contribution is 9.11. The topological polar surface area (TPSA) is 46.2 Å². The molecule has 3 nitrogen and oxygen atoms in total. The molecule has 0 fully saturated rings. The van der Waals surface area contributed by atoms with E-state index in [1.54, 1.807) is 18.2 Å². The molecule has 0 saturated heterocycles. The predicted molar refractivity (Wildman–Crippen MR) is 90.3 cm³/mol. The van der Waals surface area contributed by atoms with Gasteiger partial charge in [-0.3, -0.25) is 0 Å². The Morgan fingerprint density at radius 1 is 1.10 bits per heavy atom. The van der Waals surface area contributed by atoms with Crippen LogP contribution in [-0.4, -0.2) is 14.0 Å². The van der Waals surface area contributed by atoms with E-state index < -0.39 is 15.6 Å². The lowest BCUT2D eigenvalue weighted by molar-refractivity contribution is 0.269. The van der Waals surface area contributed by atoms with Gasteiger partial charge in [0.25, 0.3) is 0 Å². The molecule has 0 bridgehead atoms. The number of halogens is 2. The van der Waals surface area contributed by atoms with Crippen molar-refractivity contribution in [2.45, 2.75) is 51.5 Å². The highest BCUT2D eigenvalue weighted by Gasteiger charge is 2.31. The zero-order valence-corrected chi connectivity index (χ0v) is 16.4. The van der Waals surface area contributed by atoms with E-state index in [4.69, 9.17) is 0 Å². The van der Waals surface area contributed by atoms with Crippen LogP contribution in [0.2, 0.25) is 0 Å². The van der Waals surface area contributed by atoms with Crippen LogP contribution in [0.4, 0.5) is 0 Å². The summed E-state index contributed by atoms with van der Waals surface area (Å²) in [4.78, 5) is 0.252. The van der Waals surface area contributed by atoms with E-state index in [9.17, 15) is 8.42 Å². The molecule has 0 aliphatic rings. The Kier molecular flexibility index (Phi) is 5.50. The van der Waals surface area contributed by atoms with Gasteiger partial charge in [-0.15, -0.1) is 0 Å². The second-order valence-corrected chi connectivity index (χ2v) is 10.2. The van der Waals surface area contributed by atoms with Gasteiger partial charge < -0.3 is 0 Å². The quantitative estimate of drug-likeness (QED) is 0.757. The molecule has 20 heavy (non-hydrogen) atoms. The van der Waals surface area contributed by atoms with Gasteiger partial charge in [0.15, 0.2) is 0 Å². The molecule has 0 radical (unpaired) electrons. The highest BCUT2D eigenvalue weighted by atomic mass is 79.9. The average molecular weight is 427 g/mol. The zero-order valence-electron chi connectivity index (χ0n) is 12.4.